The van der Waals surface area contributed by atoms with Gasteiger partial charge in [-0.15, -0.1) is 0 Å². The molecule has 0 spiro atoms. The Kier molecular flexibility index (Phi) is 4.85. The van der Waals surface area contributed by atoms with Crippen LogP contribution >= 0.6 is 15.9 Å². The summed E-state index contributed by atoms with van der Waals surface area (Å²) in [4.78, 5) is 14.1. The minimum Gasteiger partial charge on any atom is -0.493 e. The number of fused-ring (bicyclic) bond motifs is 1. The van der Waals surface area contributed by atoms with Crippen LogP contribution in [-0.4, -0.2) is 19.2 Å². The fourth-order valence-corrected chi connectivity index (χ4v) is 3.50. The summed E-state index contributed by atoms with van der Waals surface area (Å²) in [5, 5.41) is 2.92. The van der Waals surface area contributed by atoms with Crippen LogP contribution in [0.4, 0.5) is 14.9 Å². The Morgan fingerprint density at radius 2 is 2.15 bits per heavy atom. The zero-order chi connectivity index (χ0) is 18.1. The number of hydrogen-bond acceptors (Lipinski definition) is 2. The van der Waals surface area contributed by atoms with E-state index < -0.39 is 0 Å². The number of hydrogen-bond donors (Lipinski definition) is 1. The van der Waals surface area contributed by atoms with E-state index in [-0.39, 0.29) is 11.8 Å². The van der Waals surface area contributed by atoms with Gasteiger partial charge in [-0.05, 0) is 76.5 Å². The number of ether oxygens (including phenoxy) is 1. The summed E-state index contributed by atoms with van der Waals surface area (Å²) in [6.07, 6.45) is 3.24. The molecular formula is C20H20BrFN2O2. The Balaban J connectivity index is 1.37. The Labute approximate surface area is 160 Å². The molecule has 2 aliphatic rings. The maximum Gasteiger partial charge on any atom is 0.322 e. The summed E-state index contributed by atoms with van der Waals surface area (Å²) < 4.78 is 20.0. The van der Waals surface area contributed by atoms with Gasteiger partial charge in [-0.25, -0.2) is 9.18 Å². The zero-order valence-corrected chi connectivity index (χ0v) is 15.9. The van der Waals surface area contributed by atoms with Crippen LogP contribution in [0, 0.1) is 11.7 Å². The van der Waals surface area contributed by atoms with E-state index in [4.69, 9.17) is 4.74 Å². The van der Waals surface area contributed by atoms with E-state index in [2.05, 4.69) is 21.2 Å². The fourth-order valence-electron chi connectivity index (χ4n) is 3.11. The predicted octanol–water partition coefficient (Wildman–Crippen LogP) is 4.65. The van der Waals surface area contributed by atoms with Gasteiger partial charge >= 0.3 is 6.03 Å². The molecule has 136 valence electrons. The van der Waals surface area contributed by atoms with Gasteiger partial charge in [0.1, 0.15) is 11.6 Å². The molecule has 0 unspecified atom stereocenters. The van der Waals surface area contributed by atoms with Crippen molar-refractivity contribution in [3.63, 3.8) is 0 Å². The minimum absolute atomic E-state index is 0.213. The van der Waals surface area contributed by atoms with E-state index in [9.17, 15) is 9.18 Å². The first-order chi connectivity index (χ1) is 12.6. The number of nitrogens with zero attached hydrogens (tertiary/aromatic N) is 1. The van der Waals surface area contributed by atoms with Crippen LogP contribution in [0.1, 0.15) is 24.0 Å². The third kappa shape index (κ3) is 3.85. The predicted molar refractivity (Wildman–Crippen MR) is 102 cm³/mol. The summed E-state index contributed by atoms with van der Waals surface area (Å²) in [5.41, 5.74) is 2.60. The maximum absolute atomic E-state index is 13.8. The molecule has 4 nitrogen and oxygen atoms in total. The number of nitrogens with one attached hydrogen (secondary N) is 1. The van der Waals surface area contributed by atoms with Crippen LogP contribution in [0.3, 0.4) is 0 Å². The van der Waals surface area contributed by atoms with Crippen LogP contribution in [0.15, 0.2) is 40.9 Å². The van der Waals surface area contributed by atoms with Gasteiger partial charge in [0, 0.05) is 13.1 Å². The lowest BCUT2D eigenvalue weighted by atomic mass is 10.2. The average molecular weight is 419 g/mol. The van der Waals surface area contributed by atoms with Gasteiger partial charge in [0.2, 0.25) is 0 Å². The second-order valence-corrected chi connectivity index (χ2v) is 7.71. The van der Waals surface area contributed by atoms with E-state index in [1.165, 1.54) is 18.9 Å². The number of halogens is 2. The number of amides is 2. The zero-order valence-electron chi connectivity index (χ0n) is 14.3. The normalized spacial score (nSPS) is 15.7. The topological polar surface area (TPSA) is 41.6 Å². The highest BCUT2D eigenvalue weighted by atomic mass is 79.9. The van der Waals surface area contributed by atoms with Gasteiger partial charge in [-0.2, -0.15) is 0 Å². The Morgan fingerprint density at radius 1 is 1.31 bits per heavy atom. The number of carbonyl (C=O) groups is 1. The molecule has 1 saturated carbocycles. The highest BCUT2D eigenvalue weighted by Gasteiger charge is 2.26. The minimum atomic E-state index is -0.357. The largest absolute Gasteiger partial charge is 0.493 e. The number of urea groups is 1. The van der Waals surface area contributed by atoms with Crippen molar-refractivity contribution >= 4 is 27.6 Å². The van der Waals surface area contributed by atoms with Crippen molar-refractivity contribution in [2.75, 3.05) is 18.1 Å². The first-order valence-corrected chi connectivity index (χ1v) is 9.64. The molecule has 4 rings (SSSR count). The van der Waals surface area contributed by atoms with Gasteiger partial charge in [-0.1, -0.05) is 12.1 Å². The van der Waals surface area contributed by atoms with Crippen LogP contribution in [-0.2, 0) is 13.0 Å². The first kappa shape index (κ1) is 17.3. The lowest BCUT2D eigenvalue weighted by Gasteiger charge is -2.18. The summed E-state index contributed by atoms with van der Waals surface area (Å²) in [6.45, 7) is 1.73. The van der Waals surface area contributed by atoms with E-state index in [0.717, 1.165) is 29.9 Å². The molecule has 0 aromatic heterocycles. The van der Waals surface area contributed by atoms with E-state index in [0.29, 0.717) is 29.2 Å². The lowest BCUT2D eigenvalue weighted by Crippen LogP contribution is -2.38. The van der Waals surface area contributed by atoms with Crippen molar-refractivity contribution in [2.45, 2.75) is 25.8 Å². The molecule has 1 heterocycles. The van der Waals surface area contributed by atoms with E-state index >= 15 is 0 Å². The second-order valence-electron chi connectivity index (χ2n) is 6.86. The number of anilines is 1. The van der Waals surface area contributed by atoms with E-state index in [1.54, 1.807) is 11.0 Å². The highest BCUT2D eigenvalue weighted by molar-refractivity contribution is 9.10. The molecule has 2 amide bonds. The first-order valence-electron chi connectivity index (χ1n) is 8.85. The van der Waals surface area contributed by atoms with Gasteiger partial charge in [0.05, 0.1) is 16.8 Å². The van der Waals surface area contributed by atoms with Crippen molar-refractivity contribution in [1.82, 2.24) is 5.32 Å². The number of benzene rings is 2. The molecule has 0 radical (unpaired) electrons. The molecule has 1 aliphatic carbocycles. The summed E-state index contributed by atoms with van der Waals surface area (Å²) in [7, 11) is 0. The molecule has 6 heteroatoms. The van der Waals surface area contributed by atoms with Crippen LogP contribution < -0.4 is 15.0 Å². The molecule has 0 saturated heterocycles. The van der Waals surface area contributed by atoms with Gasteiger partial charge in [-0.3, -0.25) is 4.90 Å². The fraction of sp³-hybridized carbons (Fsp3) is 0.350. The van der Waals surface area contributed by atoms with E-state index in [1.807, 2.05) is 24.3 Å². The number of carbonyl (C=O) groups excluding carboxylic acids is 1. The Morgan fingerprint density at radius 3 is 2.96 bits per heavy atom. The van der Waals surface area contributed by atoms with Crippen molar-refractivity contribution < 1.29 is 13.9 Å². The molecule has 2 aromatic carbocycles. The van der Waals surface area contributed by atoms with Gasteiger partial charge in [0.15, 0.2) is 0 Å². The summed E-state index contributed by atoms with van der Waals surface area (Å²) in [6, 6.07) is 10.7. The molecular weight excluding hydrogens is 399 g/mol. The highest BCUT2D eigenvalue weighted by Crippen LogP contribution is 2.32. The Hall–Kier alpha value is -2.08. The van der Waals surface area contributed by atoms with Crippen molar-refractivity contribution in [2.24, 2.45) is 5.92 Å². The van der Waals surface area contributed by atoms with Crippen LogP contribution in [0.25, 0.3) is 0 Å². The Bertz CT molecular complexity index is 839. The molecule has 2 aromatic rings. The van der Waals surface area contributed by atoms with Crippen molar-refractivity contribution in [3.05, 3.63) is 57.8 Å². The molecule has 0 bridgehead atoms. The smallest absolute Gasteiger partial charge is 0.322 e. The molecule has 1 N–H and O–H groups in total. The standard InChI is InChI=1S/C20H20BrFN2O2/c21-17-9-15-6-7-24(19(15)10-18(17)22)20(25)23-11-14-2-1-3-16(8-14)26-12-13-4-5-13/h1-3,8-10,13H,4-7,11-12H2,(H,23,25). The SMILES string of the molecule is O=C(NCc1cccc(OCC2CC2)c1)N1CCc2cc(Br)c(F)cc21. The van der Waals surface area contributed by atoms with Crippen LogP contribution in [0.2, 0.25) is 0 Å². The lowest BCUT2D eigenvalue weighted by molar-refractivity contribution is 0.246. The van der Waals surface area contributed by atoms with Gasteiger partial charge in [0.25, 0.3) is 0 Å². The molecule has 26 heavy (non-hydrogen) atoms. The molecule has 1 aliphatic heterocycles. The van der Waals surface area contributed by atoms with Crippen molar-refractivity contribution in [3.8, 4) is 5.75 Å². The third-order valence-electron chi connectivity index (χ3n) is 4.79. The quantitative estimate of drug-likeness (QED) is 0.767. The summed E-state index contributed by atoms with van der Waals surface area (Å²) >= 11 is 3.19. The third-order valence-corrected chi connectivity index (χ3v) is 5.39. The maximum atomic E-state index is 13.8. The second kappa shape index (κ2) is 7.27. The average Bonchev–Trinajstić information content (AvgIpc) is 3.39. The molecule has 1 fully saturated rings. The monoisotopic (exact) mass is 418 g/mol. The van der Waals surface area contributed by atoms with Crippen molar-refractivity contribution in [1.29, 1.82) is 0 Å². The molecule has 0 atom stereocenters. The number of rotatable bonds is 5. The summed E-state index contributed by atoms with van der Waals surface area (Å²) in [5.74, 6) is 1.18. The van der Waals surface area contributed by atoms with Crippen LogP contribution in [0.5, 0.6) is 5.75 Å². The van der Waals surface area contributed by atoms with Gasteiger partial charge < -0.3 is 10.1 Å².